The molecular weight excluding hydrogens is 250 g/mol. The van der Waals surface area contributed by atoms with Gasteiger partial charge in [-0.05, 0) is 67.3 Å². The van der Waals surface area contributed by atoms with Gasteiger partial charge in [-0.25, -0.2) is 0 Å². The zero-order valence-corrected chi connectivity index (χ0v) is 12.5. The van der Waals surface area contributed by atoms with Crippen molar-refractivity contribution < 1.29 is 0 Å². The highest BCUT2D eigenvalue weighted by Gasteiger charge is 2.26. The van der Waals surface area contributed by atoms with E-state index in [0.717, 1.165) is 0 Å². The highest BCUT2D eigenvalue weighted by Crippen LogP contribution is 2.35. The molecule has 1 heterocycles. The molecule has 1 N–H and O–H groups in total. The normalized spacial score (nSPS) is 20.0. The molecule has 0 amide bonds. The van der Waals surface area contributed by atoms with E-state index in [1.807, 2.05) is 11.3 Å². The van der Waals surface area contributed by atoms with Gasteiger partial charge in [-0.2, -0.15) is 0 Å². The van der Waals surface area contributed by atoms with Crippen molar-refractivity contribution in [3.8, 4) is 0 Å². The first-order valence-electron chi connectivity index (χ1n) is 7.07. The molecule has 19 heavy (non-hydrogen) atoms. The van der Waals surface area contributed by atoms with Gasteiger partial charge >= 0.3 is 0 Å². The molecule has 0 aliphatic heterocycles. The Kier molecular flexibility index (Phi) is 3.72. The average Bonchev–Trinajstić information content (AvgIpc) is 2.86. The quantitative estimate of drug-likeness (QED) is 0.885. The summed E-state index contributed by atoms with van der Waals surface area (Å²) in [6, 6.07) is 11.8. The lowest BCUT2D eigenvalue weighted by molar-refractivity contribution is 0.342. The number of benzene rings is 1. The van der Waals surface area contributed by atoms with Crippen LogP contribution in [0.3, 0.4) is 0 Å². The summed E-state index contributed by atoms with van der Waals surface area (Å²) in [4.78, 5) is 1.41. The molecule has 2 heteroatoms. The first-order valence-corrected chi connectivity index (χ1v) is 7.95. The van der Waals surface area contributed by atoms with E-state index < -0.39 is 0 Å². The van der Waals surface area contributed by atoms with Crippen LogP contribution in [0.15, 0.2) is 35.7 Å². The summed E-state index contributed by atoms with van der Waals surface area (Å²) in [5.41, 5.74) is 4.57. The van der Waals surface area contributed by atoms with Gasteiger partial charge in [0.05, 0.1) is 0 Å². The minimum absolute atomic E-state index is 0.498. The Morgan fingerprint density at radius 3 is 2.74 bits per heavy atom. The lowest BCUT2D eigenvalue weighted by Gasteiger charge is -2.31. The Hall–Kier alpha value is -1.12. The number of thiophene rings is 1. The molecule has 0 saturated heterocycles. The van der Waals surface area contributed by atoms with Gasteiger partial charge in [0.25, 0.3) is 0 Å². The average molecular weight is 271 g/mol. The molecule has 0 spiro atoms. The van der Waals surface area contributed by atoms with Crippen LogP contribution in [0, 0.1) is 12.8 Å². The third kappa shape index (κ3) is 2.60. The van der Waals surface area contributed by atoms with Gasteiger partial charge in [0.15, 0.2) is 0 Å². The fraction of sp³-hybridized carbons (Fsp3) is 0.412. The molecule has 1 aliphatic carbocycles. The van der Waals surface area contributed by atoms with Gasteiger partial charge < -0.3 is 5.32 Å². The molecule has 1 aromatic heterocycles. The Morgan fingerprint density at radius 2 is 2.05 bits per heavy atom. The maximum absolute atomic E-state index is 3.54. The van der Waals surface area contributed by atoms with Crippen molar-refractivity contribution in [1.82, 2.24) is 5.32 Å². The third-order valence-electron chi connectivity index (χ3n) is 4.28. The van der Waals surface area contributed by atoms with Gasteiger partial charge in [-0.3, -0.25) is 0 Å². The molecular formula is C17H21NS. The zero-order chi connectivity index (χ0) is 13.2. The first kappa shape index (κ1) is 12.9. The van der Waals surface area contributed by atoms with Crippen molar-refractivity contribution >= 4 is 11.3 Å². The summed E-state index contributed by atoms with van der Waals surface area (Å²) in [6.07, 6.45) is 3.72. The molecule has 0 fully saturated rings. The summed E-state index contributed by atoms with van der Waals surface area (Å²) in [5.74, 6) is 0.717. The van der Waals surface area contributed by atoms with Crippen LogP contribution < -0.4 is 5.32 Å². The van der Waals surface area contributed by atoms with E-state index in [4.69, 9.17) is 0 Å². The number of nitrogens with one attached hydrogen (secondary N) is 1. The van der Waals surface area contributed by atoms with Gasteiger partial charge in [0.1, 0.15) is 0 Å². The van der Waals surface area contributed by atoms with Crippen molar-refractivity contribution in [1.29, 1.82) is 0 Å². The molecule has 2 aromatic rings. The first-order chi connectivity index (χ1) is 9.28. The summed E-state index contributed by atoms with van der Waals surface area (Å²) in [7, 11) is 2.10. The van der Waals surface area contributed by atoms with Crippen molar-refractivity contribution in [2.24, 2.45) is 5.92 Å². The van der Waals surface area contributed by atoms with E-state index in [1.165, 1.54) is 29.7 Å². The van der Waals surface area contributed by atoms with Crippen molar-refractivity contribution in [3.05, 3.63) is 57.3 Å². The molecule has 1 aliphatic rings. The van der Waals surface area contributed by atoms with E-state index in [0.29, 0.717) is 12.0 Å². The monoisotopic (exact) mass is 271 g/mol. The smallest absolute Gasteiger partial charge is 0.0357 e. The number of fused-ring (bicyclic) bond motifs is 1. The topological polar surface area (TPSA) is 12.0 Å². The van der Waals surface area contributed by atoms with Crippen LogP contribution in [0.25, 0.3) is 0 Å². The molecule has 1 nitrogen and oxygen atoms in total. The zero-order valence-electron chi connectivity index (χ0n) is 11.6. The largest absolute Gasteiger partial charge is 0.313 e. The van der Waals surface area contributed by atoms with Crippen LogP contribution in [-0.4, -0.2) is 7.05 Å². The molecule has 0 radical (unpaired) electrons. The molecule has 2 unspecified atom stereocenters. The highest BCUT2D eigenvalue weighted by atomic mass is 32.1. The van der Waals surface area contributed by atoms with Crippen molar-refractivity contribution in [2.75, 3.05) is 7.05 Å². The summed E-state index contributed by atoms with van der Waals surface area (Å²) >= 11 is 1.86. The number of hydrogen-bond acceptors (Lipinski definition) is 2. The highest BCUT2D eigenvalue weighted by molar-refractivity contribution is 7.10. The Morgan fingerprint density at radius 1 is 1.26 bits per heavy atom. The SMILES string of the molecule is CNC(c1csc(C)c1)C1CCc2ccccc2C1. The van der Waals surface area contributed by atoms with Crippen LogP contribution in [0.4, 0.5) is 0 Å². The summed E-state index contributed by atoms with van der Waals surface area (Å²) < 4.78 is 0. The van der Waals surface area contributed by atoms with Crippen LogP contribution in [0.2, 0.25) is 0 Å². The summed E-state index contributed by atoms with van der Waals surface area (Å²) in [6.45, 7) is 2.19. The second-order valence-corrected chi connectivity index (χ2v) is 6.64. The lowest BCUT2D eigenvalue weighted by Crippen LogP contribution is -2.29. The standard InChI is InChI=1S/C17H21NS/c1-12-9-16(11-19-12)17(18-2)15-8-7-13-5-3-4-6-14(13)10-15/h3-6,9,11,15,17-18H,7-8,10H2,1-2H3. The Balaban J connectivity index is 1.83. The molecule has 2 atom stereocenters. The van der Waals surface area contributed by atoms with Crippen LogP contribution in [0.5, 0.6) is 0 Å². The third-order valence-corrected chi connectivity index (χ3v) is 5.16. The molecule has 1 aromatic carbocycles. The maximum Gasteiger partial charge on any atom is 0.0357 e. The predicted octanol–water partition coefficient (Wildman–Crippen LogP) is 4.12. The van der Waals surface area contributed by atoms with Crippen LogP contribution in [0.1, 0.15) is 34.0 Å². The Bertz CT molecular complexity index is 558. The van der Waals surface area contributed by atoms with E-state index in [2.05, 4.69) is 55.0 Å². The van der Waals surface area contributed by atoms with Crippen LogP contribution >= 0.6 is 11.3 Å². The number of rotatable bonds is 3. The molecule has 3 rings (SSSR count). The number of hydrogen-bond donors (Lipinski definition) is 1. The minimum atomic E-state index is 0.498. The lowest BCUT2D eigenvalue weighted by atomic mass is 9.78. The maximum atomic E-state index is 3.54. The number of aryl methyl sites for hydroxylation is 2. The molecule has 100 valence electrons. The van der Waals surface area contributed by atoms with Gasteiger partial charge in [0.2, 0.25) is 0 Å². The fourth-order valence-corrected chi connectivity index (χ4v) is 4.05. The molecule has 0 bridgehead atoms. The second kappa shape index (κ2) is 5.48. The van der Waals surface area contributed by atoms with E-state index in [1.54, 1.807) is 11.1 Å². The predicted molar refractivity (Wildman–Crippen MR) is 82.8 cm³/mol. The van der Waals surface area contributed by atoms with Crippen molar-refractivity contribution in [2.45, 2.75) is 32.2 Å². The Labute approximate surface area is 119 Å². The van der Waals surface area contributed by atoms with Gasteiger partial charge in [-0.1, -0.05) is 24.3 Å². The van der Waals surface area contributed by atoms with E-state index in [-0.39, 0.29) is 0 Å². The summed E-state index contributed by atoms with van der Waals surface area (Å²) in [5, 5.41) is 5.86. The second-order valence-electron chi connectivity index (χ2n) is 5.53. The fourth-order valence-electron chi connectivity index (χ4n) is 3.31. The minimum Gasteiger partial charge on any atom is -0.313 e. The van der Waals surface area contributed by atoms with Gasteiger partial charge in [-0.15, -0.1) is 11.3 Å². The van der Waals surface area contributed by atoms with E-state index >= 15 is 0 Å². The molecule has 0 saturated carbocycles. The van der Waals surface area contributed by atoms with E-state index in [9.17, 15) is 0 Å². The van der Waals surface area contributed by atoms with Crippen LogP contribution in [-0.2, 0) is 12.8 Å². The van der Waals surface area contributed by atoms with Gasteiger partial charge in [0, 0.05) is 10.9 Å². The van der Waals surface area contributed by atoms with Crippen molar-refractivity contribution in [3.63, 3.8) is 0 Å².